The zero-order valence-corrected chi connectivity index (χ0v) is 20.3. The topological polar surface area (TPSA) is 105 Å². The number of hydrogen-bond acceptors (Lipinski definition) is 7. The molecule has 1 atom stereocenters. The van der Waals surface area contributed by atoms with Gasteiger partial charge in [-0.1, -0.05) is 43.6 Å². The standard InChI is InChI=1S/C22H29ClN4O5S/c1-3-25(4-2)21(18-7-5-6-8-19(18)23)16-24-20-10-9-17(27(28)29)15-22(20)33(30,31)26-11-13-32-14-12-26/h5-10,15,21,24H,3-4,11-14,16H2,1-2H3. The molecule has 0 saturated carbocycles. The van der Waals surface area contributed by atoms with E-state index in [1.54, 1.807) is 0 Å². The molecule has 1 unspecified atom stereocenters. The van der Waals surface area contributed by atoms with Crippen molar-refractivity contribution >= 4 is 33.0 Å². The number of nitro benzene ring substituents is 1. The Morgan fingerprint density at radius 2 is 1.85 bits per heavy atom. The molecule has 3 rings (SSSR count). The molecule has 1 aliphatic heterocycles. The summed E-state index contributed by atoms with van der Waals surface area (Å²) in [6.07, 6.45) is 0. The number of hydrogen-bond donors (Lipinski definition) is 1. The first-order chi connectivity index (χ1) is 15.8. The van der Waals surface area contributed by atoms with E-state index in [4.69, 9.17) is 16.3 Å². The number of likely N-dealkylation sites (N-methyl/N-ethyl adjacent to an activating group) is 1. The highest BCUT2D eigenvalue weighted by molar-refractivity contribution is 7.89. The van der Waals surface area contributed by atoms with Crippen LogP contribution in [0.4, 0.5) is 11.4 Å². The molecule has 0 aliphatic carbocycles. The highest BCUT2D eigenvalue weighted by atomic mass is 35.5. The number of halogens is 1. The molecule has 9 nitrogen and oxygen atoms in total. The van der Waals surface area contributed by atoms with Gasteiger partial charge in [-0.3, -0.25) is 15.0 Å². The molecule has 0 radical (unpaired) electrons. The van der Waals surface area contributed by atoms with Crippen molar-refractivity contribution in [1.29, 1.82) is 0 Å². The van der Waals surface area contributed by atoms with Crippen LogP contribution >= 0.6 is 11.6 Å². The van der Waals surface area contributed by atoms with Gasteiger partial charge in [-0.15, -0.1) is 0 Å². The highest BCUT2D eigenvalue weighted by Crippen LogP contribution is 2.32. The van der Waals surface area contributed by atoms with E-state index >= 15 is 0 Å². The molecule has 0 bridgehead atoms. The van der Waals surface area contributed by atoms with Crippen LogP contribution in [0.25, 0.3) is 0 Å². The molecule has 2 aromatic rings. The van der Waals surface area contributed by atoms with E-state index in [-0.39, 0.29) is 42.9 Å². The van der Waals surface area contributed by atoms with E-state index in [2.05, 4.69) is 10.2 Å². The SMILES string of the molecule is CCN(CC)C(CNc1ccc([N+](=O)[O-])cc1S(=O)(=O)N1CCOCC1)c1ccccc1Cl. The van der Waals surface area contributed by atoms with Crippen molar-refractivity contribution in [3.8, 4) is 0 Å². The monoisotopic (exact) mass is 496 g/mol. The van der Waals surface area contributed by atoms with Crippen molar-refractivity contribution in [2.45, 2.75) is 24.8 Å². The summed E-state index contributed by atoms with van der Waals surface area (Å²) in [7, 11) is -3.95. The van der Waals surface area contributed by atoms with E-state index in [9.17, 15) is 18.5 Å². The normalized spacial score (nSPS) is 16.0. The van der Waals surface area contributed by atoms with Gasteiger partial charge >= 0.3 is 0 Å². The molecule has 33 heavy (non-hydrogen) atoms. The van der Waals surface area contributed by atoms with Crippen LogP contribution in [0, 0.1) is 10.1 Å². The first kappa shape index (κ1) is 25.4. The van der Waals surface area contributed by atoms with Gasteiger partial charge in [0.2, 0.25) is 10.0 Å². The Morgan fingerprint density at radius 1 is 1.18 bits per heavy atom. The molecule has 0 amide bonds. The molecule has 180 valence electrons. The lowest BCUT2D eigenvalue weighted by Crippen LogP contribution is -2.41. The number of benzene rings is 2. The maximum Gasteiger partial charge on any atom is 0.270 e. The predicted molar refractivity (Wildman–Crippen MR) is 128 cm³/mol. The lowest BCUT2D eigenvalue weighted by Gasteiger charge is -2.32. The zero-order valence-electron chi connectivity index (χ0n) is 18.7. The number of nitrogens with zero attached hydrogens (tertiary/aromatic N) is 3. The summed E-state index contributed by atoms with van der Waals surface area (Å²) in [4.78, 5) is 12.9. The smallest absolute Gasteiger partial charge is 0.270 e. The van der Waals surface area contributed by atoms with Crippen molar-refractivity contribution in [2.24, 2.45) is 0 Å². The minimum Gasteiger partial charge on any atom is -0.382 e. The summed E-state index contributed by atoms with van der Waals surface area (Å²) >= 11 is 6.48. The van der Waals surface area contributed by atoms with Gasteiger partial charge in [0.1, 0.15) is 4.90 Å². The second kappa shape index (κ2) is 11.3. The van der Waals surface area contributed by atoms with E-state index in [1.807, 2.05) is 38.1 Å². The molecular weight excluding hydrogens is 468 g/mol. The third-order valence-corrected chi connectivity index (χ3v) is 8.05. The van der Waals surface area contributed by atoms with Gasteiger partial charge in [0.05, 0.1) is 29.9 Å². The third-order valence-electron chi connectivity index (χ3n) is 5.77. The van der Waals surface area contributed by atoms with Crippen molar-refractivity contribution in [3.63, 3.8) is 0 Å². The second-order valence-corrected chi connectivity index (χ2v) is 9.91. The largest absolute Gasteiger partial charge is 0.382 e. The number of ether oxygens (including phenoxy) is 1. The van der Waals surface area contributed by atoms with Gasteiger partial charge in [-0.25, -0.2) is 8.42 Å². The van der Waals surface area contributed by atoms with Crippen LogP contribution < -0.4 is 5.32 Å². The maximum absolute atomic E-state index is 13.4. The average Bonchev–Trinajstić information content (AvgIpc) is 2.82. The maximum atomic E-state index is 13.4. The van der Waals surface area contributed by atoms with E-state index in [1.165, 1.54) is 16.4 Å². The minimum atomic E-state index is -3.95. The zero-order chi connectivity index (χ0) is 24.0. The van der Waals surface area contributed by atoms with Crippen molar-refractivity contribution < 1.29 is 18.1 Å². The Bertz CT molecular complexity index is 1070. The highest BCUT2D eigenvalue weighted by Gasteiger charge is 2.31. The van der Waals surface area contributed by atoms with E-state index in [0.29, 0.717) is 17.3 Å². The fraction of sp³-hybridized carbons (Fsp3) is 0.455. The van der Waals surface area contributed by atoms with Gasteiger partial charge < -0.3 is 10.1 Å². The summed E-state index contributed by atoms with van der Waals surface area (Å²) < 4.78 is 33.3. The molecule has 11 heteroatoms. The number of sulfonamides is 1. The third kappa shape index (κ3) is 5.82. The predicted octanol–water partition coefficient (Wildman–Crippen LogP) is 3.76. The first-order valence-corrected chi connectivity index (χ1v) is 12.7. The van der Waals surface area contributed by atoms with Crippen LogP contribution in [-0.2, 0) is 14.8 Å². The number of non-ortho nitro benzene ring substituents is 1. The Morgan fingerprint density at radius 3 is 2.45 bits per heavy atom. The molecule has 2 aromatic carbocycles. The average molecular weight is 497 g/mol. The molecule has 1 aliphatic rings. The lowest BCUT2D eigenvalue weighted by molar-refractivity contribution is -0.385. The Labute approximate surface area is 199 Å². The summed E-state index contributed by atoms with van der Waals surface area (Å²) in [5.74, 6) is 0. The van der Waals surface area contributed by atoms with Crippen LogP contribution in [0.5, 0.6) is 0 Å². The summed E-state index contributed by atoms with van der Waals surface area (Å²) in [6.45, 7) is 6.98. The minimum absolute atomic E-state index is 0.115. The summed E-state index contributed by atoms with van der Waals surface area (Å²) in [5.41, 5.74) is 0.963. The fourth-order valence-electron chi connectivity index (χ4n) is 3.96. The number of nitrogens with one attached hydrogen (secondary N) is 1. The summed E-state index contributed by atoms with van der Waals surface area (Å²) in [5, 5.41) is 15.2. The quantitative estimate of drug-likeness (QED) is 0.394. The molecule has 0 aromatic heterocycles. The molecule has 0 spiro atoms. The Balaban J connectivity index is 1.97. The number of nitro groups is 1. The van der Waals surface area contributed by atoms with Crippen LogP contribution in [0.2, 0.25) is 5.02 Å². The van der Waals surface area contributed by atoms with Crippen molar-refractivity contribution in [1.82, 2.24) is 9.21 Å². The molecule has 1 saturated heterocycles. The van der Waals surface area contributed by atoms with Crippen molar-refractivity contribution in [3.05, 3.63) is 63.2 Å². The molecule has 1 heterocycles. The van der Waals surface area contributed by atoms with Crippen LogP contribution in [0.1, 0.15) is 25.5 Å². The van der Waals surface area contributed by atoms with Gasteiger partial charge in [-0.05, 0) is 30.8 Å². The van der Waals surface area contributed by atoms with Crippen LogP contribution in [0.15, 0.2) is 47.4 Å². The van der Waals surface area contributed by atoms with Crippen molar-refractivity contribution in [2.75, 3.05) is 51.3 Å². The Kier molecular flexibility index (Phi) is 8.66. The Hall–Kier alpha value is -2.24. The molecule has 1 N–H and O–H groups in total. The number of rotatable bonds is 10. The van der Waals surface area contributed by atoms with E-state index in [0.717, 1.165) is 24.7 Å². The van der Waals surface area contributed by atoms with Gasteiger partial charge in [0.25, 0.3) is 5.69 Å². The first-order valence-electron chi connectivity index (χ1n) is 10.9. The number of anilines is 1. The second-order valence-electron chi connectivity index (χ2n) is 7.59. The van der Waals surface area contributed by atoms with Gasteiger partial charge in [-0.2, -0.15) is 4.31 Å². The van der Waals surface area contributed by atoms with Gasteiger partial charge in [0, 0.05) is 36.8 Å². The number of morpholine rings is 1. The lowest BCUT2D eigenvalue weighted by atomic mass is 10.0. The van der Waals surface area contributed by atoms with Crippen LogP contribution in [-0.4, -0.2) is 68.5 Å². The fourth-order valence-corrected chi connectivity index (χ4v) is 5.82. The molecular formula is C22H29ClN4O5S. The van der Waals surface area contributed by atoms with Crippen LogP contribution in [0.3, 0.4) is 0 Å². The van der Waals surface area contributed by atoms with Gasteiger partial charge in [0.15, 0.2) is 0 Å². The molecule has 1 fully saturated rings. The van der Waals surface area contributed by atoms with E-state index < -0.39 is 14.9 Å². The summed E-state index contributed by atoms with van der Waals surface area (Å²) in [6, 6.07) is 11.3.